The molecular formula is C30H39FN4O6S2. The zero-order chi connectivity index (χ0) is 31.2. The molecule has 0 radical (unpaired) electrons. The lowest BCUT2D eigenvalue weighted by atomic mass is 9.94. The van der Waals surface area contributed by atoms with Crippen molar-refractivity contribution in [2.45, 2.75) is 57.7 Å². The monoisotopic (exact) mass is 634 g/mol. The van der Waals surface area contributed by atoms with E-state index >= 15 is 0 Å². The van der Waals surface area contributed by atoms with E-state index in [1.165, 1.54) is 23.5 Å². The van der Waals surface area contributed by atoms with Crippen molar-refractivity contribution in [3.05, 3.63) is 81.1 Å². The van der Waals surface area contributed by atoms with Gasteiger partial charge in [-0.05, 0) is 68.0 Å². The molecule has 0 bridgehead atoms. The summed E-state index contributed by atoms with van der Waals surface area (Å²) >= 11 is 1.28. The number of rotatable bonds is 16. The molecule has 10 nitrogen and oxygen atoms in total. The van der Waals surface area contributed by atoms with Crippen molar-refractivity contribution in [1.82, 2.24) is 18.9 Å². The van der Waals surface area contributed by atoms with Crippen LogP contribution in [0, 0.1) is 12.7 Å². The number of amides is 1. The lowest BCUT2D eigenvalue weighted by Crippen LogP contribution is -2.43. The van der Waals surface area contributed by atoms with Crippen LogP contribution in [-0.4, -0.2) is 72.1 Å². The zero-order valence-electron chi connectivity index (χ0n) is 24.6. The molecule has 13 heteroatoms. The number of benzene rings is 2. The van der Waals surface area contributed by atoms with E-state index in [9.17, 15) is 27.8 Å². The van der Waals surface area contributed by atoms with Crippen molar-refractivity contribution in [2.75, 3.05) is 33.4 Å². The van der Waals surface area contributed by atoms with Crippen molar-refractivity contribution in [3.8, 4) is 5.75 Å². The van der Waals surface area contributed by atoms with E-state index in [1.807, 2.05) is 30.3 Å². The van der Waals surface area contributed by atoms with Gasteiger partial charge in [-0.1, -0.05) is 31.2 Å². The first kappa shape index (κ1) is 33.0. The van der Waals surface area contributed by atoms with Crippen molar-refractivity contribution in [2.24, 2.45) is 0 Å². The van der Waals surface area contributed by atoms with Crippen LogP contribution in [0.4, 0.5) is 4.39 Å². The topological polar surface area (TPSA) is 132 Å². The number of nitrogens with zero attached hydrogens (tertiary/aromatic N) is 3. The van der Waals surface area contributed by atoms with Crippen molar-refractivity contribution >= 4 is 27.5 Å². The summed E-state index contributed by atoms with van der Waals surface area (Å²) in [5, 5.41) is 20.5. The smallest absolute Gasteiger partial charge is 0.282 e. The summed E-state index contributed by atoms with van der Waals surface area (Å²) in [6, 6.07) is 13.9. The van der Waals surface area contributed by atoms with Crippen LogP contribution in [0.2, 0.25) is 0 Å². The van der Waals surface area contributed by atoms with E-state index in [0.717, 1.165) is 15.4 Å². The molecule has 1 atom stereocenters. The highest BCUT2D eigenvalue weighted by Gasteiger charge is 2.53. The van der Waals surface area contributed by atoms with Crippen molar-refractivity contribution in [3.63, 3.8) is 0 Å². The van der Waals surface area contributed by atoms with Gasteiger partial charge in [0.05, 0.1) is 31.4 Å². The predicted octanol–water partition coefficient (Wildman–Crippen LogP) is 3.43. The maximum Gasteiger partial charge on any atom is 0.282 e. The van der Waals surface area contributed by atoms with Crippen LogP contribution < -0.4 is 9.46 Å². The first-order valence-corrected chi connectivity index (χ1v) is 16.5. The van der Waals surface area contributed by atoms with Gasteiger partial charge in [0, 0.05) is 24.5 Å². The first-order chi connectivity index (χ1) is 20.5. The molecule has 0 aliphatic heterocycles. The highest BCUT2D eigenvalue weighted by atomic mass is 32.2. The standard InChI is InChI=1S/C30H39FN4O6S2/c1-4-35(17-18-36)43(39,40)33-28(37)27-21(2)42-26(32-27)20-34(16-6-8-22-7-5-9-24(31)19-22)29(38)30(14-15-30)23-10-12-25(41-3)13-11-23/h5,7,9-13,19,28,33,36-37H,4,6,8,14-18,20H2,1-3H3. The number of hydrogen-bond donors (Lipinski definition) is 3. The van der Waals surface area contributed by atoms with Crippen LogP contribution >= 0.6 is 11.3 Å². The molecule has 1 aromatic heterocycles. The lowest BCUT2D eigenvalue weighted by molar-refractivity contribution is -0.134. The second-order valence-corrected chi connectivity index (χ2v) is 13.6. The molecule has 1 aliphatic rings. The van der Waals surface area contributed by atoms with Gasteiger partial charge >= 0.3 is 0 Å². The van der Waals surface area contributed by atoms with Crippen LogP contribution in [0.3, 0.4) is 0 Å². The SMILES string of the molecule is CCN(CCO)S(=O)(=O)NC(O)c1nc(CN(CCCc2cccc(F)c2)C(=O)C2(c3ccc(OC)cc3)CC2)sc1C. The number of likely N-dealkylation sites (N-methyl/N-ethyl adjacent to an activating group) is 1. The number of ether oxygens (including phenoxy) is 1. The number of thiazole rings is 1. The Morgan fingerprint density at radius 3 is 2.53 bits per heavy atom. The van der Waals surface area contributed by atoms with E-state index in [1.54, 1.807) is 31.9 Å². The summed E-state index contributed by atoms with van der Waals surface area (Å²) in [5.41, 5.74) is 1.27. The molecule has 3 N–H and O–H groups in total. The molecule has 1 aliphatic carbocycles. The quantitative estimate of drug-likeness (QED) is 0.206. The normalized spacial score (nSPS) is 15.0. The van der Waals surface area contributed by atoms with Gasteiger partial charge in [0.2, 0.25) is 5.91 Å². The Hall–Kier alpha value is -2.94. The summed E-state index contributed by atoms with van der Waals surface area (Å²) < 4.78 is 47.7. The predicted molar refractivity (Wildman–Crippen MR) is 162 cm³/mol. The number of aryl methyl sites for hydroxylation is 2. The number of halogens is 1. The maximum atomic E-state index is 14.1. The fraction of sp³-hybridized carbons (Fsp3) is 0.467. The Morgan fingerprint density at radius 2 is 1.93 bits per heavy atom. The van der Waals surface area contributed by atoms with Crippen LogP contribution in [0.15, 0.2) is 48.5 Å². The molecule has 1 saturated carbocycles. The molecule has 1 unspecified atom stereocenters. The first-order valence-electron chi connectivity index (χ1n) is 14.2. The highest BCUT2D eigenvalue weighted by Crippen LogP contribution is 2.50. The fourth-order valence-electron chi connectivity index (χ4n) is 5.16. The second-order valence-electron chi connectivity index (χ2n) is 10.6. The third-order valence-corrected chi connectivity index (χ3v) is 10.2. The number of aliphatic hydroxyl groups is 2. The van der Waals surface area contributed by atoms with Gasteiger partial charge in [0.25, 0.3) is 10.2 Å². The van der Waals surface area contributed by atoms with Gasteiger partial charge in [0.15, 0.2) is 6.23 Å². The lowest BCUT2D eigenvalue weighted by Gasteiger charge is -2.27. The third-order valence-electron chi connectivity index (χ3n) is 7.64. The number of nitrogens with one attached hydrogen (secondary N) is 1. The summed E-state index contributed by atoms with van der Waals surface area (Å²) in [6.07, 6.45) is 1.01. The molecule has 234 valence electrons. The Kier molecular flexibility index (Phi) is 10.9. The number of methoxy groups -OCH3 is 1. The molecule has 0 spiro atoms. The van der Waals surface area contributed by atoms with Crippen LogP contribution in [0.1, 0.15) is 59.1 Å². The Morgan fingerprint density at radius 1 is 1.21 bits per heavy atom. The molecule has 1 amide bonds. The molecule has 1 fully saturated rings. The van der Waals surface area contributed by atoms with E-state index in [4.69, 9.17) is 4.74 Å². The van der Waals surface area contributed by atoms with Gasteiger partial charge in [-0.3, -0.25) is 4.79 Å². The summed E-state index contributed by atoms with van der Waals surface area (Å²) in [7, 11) is -2.48. The second kappa shape index (κ2) is 14.2. The van der Waals surface area contributed by atoms with Crippen molar-refractivity contribution in [1.29, 1.82) is 0 Å². The number of aliphatic hydroxyl groups excluding tert-OH is 2. The van der Waals surface area contributed by atoms with Crippen LogP contribution in [0.25, 0.3) is 0 Å². The molecule has 0 saturated heterocycles. The van der Waals surface area contributed by atoms with E-state index in [-0.39, 0.29) is 43.7 Å². The molecule has 43 heavy (non-hydrogen) atoms. The number of carbonyl (C=O) groups excluding carboxylic acids is 1. The largest absolute Gasteiger partial charge is 0.497 e. The maximum absolute atomic E-state index is 14.1. The summed E-state index contributed by atoms with van der Waals surface area (Å²) in [6.45, 7) is 3.60. The van der Waals surface area contributed by atoms with Crippen LogP contribution in [-0.2, 0) is 33.4 Å². The van der Waals surface area contributed by atoms with E-state index < -0.39 is 21.9 Å². The van der Waals surface area contributed by atoms with Crippen molar-refractivity contribution < 1.29 is 32.6 Å². The molecule has 3 aromatic rings. The van der Waals surface area contributed by atoms with E-state index in [0.29, 0.717) is 47.9 Å². The average molecular weight is 635 g/mol. The van der Waals surface area contributed by atoms with Gasteiger partial charge in [-0.2, -0.15) is 17.4 Å². The van der Waals surface area contributed by atoms with Gasteiger partial charge in [-0.15, -0.1) is 11.3 Å². The third kappa shape index (κ3) is 7.97. The van der Waals surface area contributed by atoms with E-state index in [2.05, 4.69) is 9.71 Å². The van der Waals surface area contributed by atoms with Gasteiger partial charge < -0.3 is 19.8 Å². The molecular weight excluding hydrogens is 595 g/mol. The zero-order valence-corrected chi connectivity index (χ0v) is 26.3. The van der Waals surface area contributed by atoms with Gasteiger partial charge in [0.1, 0.15) is 16.6 Å². The average Bonchev–Trinajstić information content (AvgIpc) is 3.71. The number of hydrogen-bond acceptors (Lipinski definition) is 8. The minimum atomic E-state index is -4.08. The Labute approximate surface area is 256 Å². The Balaban J connectivity index is 1.54. The Bertz CT molecular complexity index is 1490. The van der Waals surface area contributed by atoms with Crippen LogP contribution in [0.5, 0.6) is 5.75 Å². The fourth-order valence-corrected chi connectivity index (χ4v) is 7.35. The number of aromatic nitrogens is 1. The van der Waals surface area contributed by atoms with Gasteiger partial charge in [-0.25, -0.2) is 9.37 Å². The minimum Gasteiger partial charge on any atom is -0.497 e. The molecule has 2 aromatic carbocycles. The summed E-state index contributed by atoms with van der Waals surface area (Å²) in [4.78, 5) is 21.0. The molecule has 1 heterocycles. The minimum absolute atomic E-state index is 0.0323. The summed E-state index contributed by atoms with van der Waals surface area (Å²) in [5.74, 6) is 0.368. The molecule has 4 rings (SSSR count). The number of carbonyl (C=O) groups is 1. The highest BCUT2D eigenvalue weighted by molar-refractivity contribution is 7.87.